The molecule has 0 aliphatic rings. The summed E-state index contributed by atoms with van der Waals surface area (Å²) in [5.74, 6) is 0. The second kappa shape index (κ2) is 7.39. The summed E-state index contributed by atoms with van der Waals surface area (Å²) in [6.07, 6.45) is -2.19. The minimum Gasteiger partial charge on any atom is -0.351 e. The highest BCUT2D eigenvalue weighted by Gasteiger charge is 2.23. The van der Waals surface area contributed by atoms with Crippen LogP contribution in [0, 0.1) is 34.6 Å². The third-order valence-corrected chi connectivity index (χ3v) is 8.56. The summed E-state index contributed by atoms with van der Waals surface area (Å²) in [6.45, 7) is 10.7. The molecule has 0 saturated heterocycles. The third kappa shape index (κ3) is 4.09. The summed E-state index contributed by atoms with van der Waals surface area (Å²) in [5.41, 5.74) is 7.35. The fraction of sp³-hybridized carbons (Fsp3) is 0.217. The largest absolute Gasteiger partial charge is 0.351 e. The Morgan fingerprint density at radius 2 is 0.962 bits per heavy atom. The Labute approximate surface area is 162 Å². The third-order valence-electron chi connectivity index (χ3n) is 4.48. The van der Waals surface area contributed by atoms with Gasteiger partial charge in [-0.3, -0.25) is 0 Å². The molecule has 0 amide bonds. The van der Waals surface area contributed by atoms with E-state index < -0.39 is 6.19 Å². The molecule has 3 rings (SSSR count). The lowest BCUT2D eigenvalue weighted by Gasteiger charge is -2.27. The van der Waals surface area contributed by atoms with Gasteiger partial charge in [0.15, 0.2) is 0 Å². The van der Waals surface area contributed by atoms with E-state index in [1.807, 2.05) is 0 Å². The van der Waals surface area contributed by atoms with Gasteiger partial charge in [-0.1, -0.05) is 63.9 Å². The summed E-state index contributed by atoms with van der Waals surface area (Å²) in [7, 11) is 0. The average molecular weight is 380 g/mol. The molecule has 0 unspecified atom stereocenters. The van der Waals surface area contributed by atoms with Gasteiger partial charge in [0.1, 0.15) is 0 Å². The van der Waals surface area contributed by atoms with E-state index in [2.05, 4.69) is 100 Å². The fourth-order valence-corrected chi connectivity index (χ4v) is 6.91. The molecule has 0 heterocycles. The first-order valence-electron chi connectivity index (χ1n) is 8.89. The van der Waals surface area contributed by atoms with E-state index in [0.29, 0.717) is 0 Å². The van der Waals surface area contributed by atoms with Gasteiger partial charge in [0, 0.05) is 16.3 Å². The van der Waals surface area contributed by atoms with Gasteiger partial charge in [-0.25, -0.2) is 0 Å². The first-order valence-corrected chi connectivity index (χ1v) is 11.7. The van der Waals surface area contributed by atoms with Crippen LogP contribution in [-0.2, 0) is 11.8 Å². The molecule has 3 heteroatoms. The smallest absolute Gasteiger partial charge is 0.0904 e. The fourth-order valence-electron chi connectivity index (χ4n) is 3.35. The van der Waals surface area contributed by atoms with Crippen LogP contribution < -0.4 is 15.7 Å². The topological polar surface area (TPSA) is 12.0 Å². The Morgan fingerprint density at radius 1 is 0.577 bits per heavy atom. The molecule has 3 aromatic carbocycles. The first kappa shape index (κ1) is 18.9. The van der Waals surface area contributed by atoms with Crippen LogP contribution in [0.3, 0.4) is 0 Å². The number of anilines is 1. The van der Waals surface area contributed by atoms with Crippen molar-refractivity contribution in [2.24, 2.45) is 0 Å². The predicted octanol–water partition coefficient (Wildman–Crippen LogP) is 5.69. The Balaban J connectivity index is 2.20. The minimum absolute atomic E-state index is 1.08. The van der Waals surface area contributed by atoms with Crippen molar-refractivity contribution in [1.82, 2.24) is 0 Å². The van der Waals surface area contributed by atoms with Crippen molar-refractivity contribution in [2.45, 2.75) is 34.6 Å². The molecule has 0 aliphatic carbocycles. The summed E-state index contributed by atoms with van der Waals surface area (Å²) >= 11 is 6.39. The highest BCUT2D eigenvalue weighted by atomic mass is 32.4. The van der Waals surface area contributed by atoms with Gasteiger partial charge >= 0.3 is 0 Å². The van der Waals surface area contributed by atoms with E-state index in [1.54, 1.807) is 0 Å². The van der Waals surface area contributed by atoms with Crippen molar-refractivity contribution >= 4 is 34.3 Å². The molecule has 1 N–H and O–H groups in total. The maximum absolute atomic E-state index is 6.39. The molecule has 0 atom stereocenters. The van der Waals surface area contributed by atoms with Crippen LogP contribution in [0.2, 0.25) is 0 Å². The molecule has 3 aromatic rings. The molecule has 0 radical (unpaired) electrons. The molecule has 134 valence electrons. The minimum atomic E-state index is -2.19. The number of nitrogens with one attached hydrogen (secondary N) is 1. The van der Waals surface area contributed by atoms with Crippen LogP contribution in [0.25, 0.3) is 0 Å². The Kier molecular flexibility index (Phi) is 5.37. The van der Waals surface area contributed by atoms with E-state index in [1.165, 1.54) is 38.4 Å². The summed E-state index contributed by atoms with van der Waals surface area (Å²) < 4.78 is 0. The molecule has 0 aromatic heterocycles. The molecule has 1 nitrogen and oxygen atoms in total. The summed E-state index contributed by atoms with van der Waals surface area (Å²) in [4.78, 5) is 0. The zero-order valence-electron chi connectivity index (χ0n) is 16.1. The lowest BCUT2D eigenvalue weighted by Crippen LogP contribution is -2.23. The van der Waals surface area contributed by atoms with Gasteiger partial charge in [-0.2, -0.15) is 0 Å². The van der Waals surface area contributed by atoms with E-state index >= 15 is 0 Å². The van der Waals surface area contributed by atoms with Crippen molar-refractivity contribution in [1.29, 1.82) is 0 Å². The van der Waals surface area contributed by atoms with Gasteiger partial charge in [-0.05, 0) is 71.0 Å². The zero-order valence-corrected chi connectivity index (χ0v) is 17.8. The first-order chi connectivity index (χ1) is 12.3. The number of hydrogen-bond acceptors (Lipinski definition) is 1. The number of rotatable bonds is 4. The maximum atomic E-state index is 6.39. The number of benzene rings is 3. The number of hydrogen-bond donors (Lipinski definition) is 1. The number of aryl methyl sites for hydroxylation is 5. The lowest BCUT2D eigenvalue weighted by molar-refractivity contribution is 1.40. The maximum Gasteiger partial charge on any atom is 0.0904 e. The Bertz CT molecular complexity index is 894. The van der Waals surface area contributed by atoms with E-state index in [-0.39, 0.29) is 0 Å². The Hall–Kier alpha value is -1.89. The van der Waals surface area contributed by atoms with E-state index in [0.717, 1.165) is 5.69 Å². The van der Waals surface area contributed by atoms with Crippen LogP contribution in [-0.4, -0.2) is 0 Å². The van der Waals surface area contributed by atoms with E-state index in [4.69, 9.17) is 11.8 Å². The van der Waals surface area contributed by atoms with Crippen molar-refractivity contribution in [3.8, 4) is 0 Å². The average Bonchev–Trinajstić information content (AvgIpc) is 2.55. The van der Waals surface area contributed by atoms with Crippen LogP contribution in [0.1, 0.15) is 27.8 Å². The molecular formula is C23H26NPS. The van der Waals surface area contributed by atoms with Crippen molar-refractivity contribution in [3.63, 3.8) is 0 Å². The second-order valence-electron chi connectivity index (χ2n) is 7.28. The Morgan fingerprint density at radius 3 is 1.35 bits per heavy atom. The molecule has 0 spiro atoms. The van der Waals surface area contributed by atoms with Crippen molar-refractivity contribution in [2.75, 3.05) is 5.09 Å². The van der Waals surface area contributed by atoms with Crippen LogP contribution in [0.4, 0.5) is 5.69 Å². The monoisotopic (exact) mass is 379 g/mol. The lowest BCUT2D eigenvalue weighted by atomic mass is 10.2. The van der Waals surface area contributed by atoms with Crippen molar-refractivity contribution in [3.05, 3.63) is 88.5 Å². The van der Waals surface area contributed by atoms with Crippen LogP contribution in [0.5, 0.6) is 0 Å². The van der Waals surface area contributed by atoms with Gasteiger partial charge in [0.2, 0.25) is 0 Å². The van der Waals surface area contributed by atoms with E-state index in [9.17, 15) is 0 Å². The molecular weight excluding hydrogens is 353 g/mol. The molecule has 0 saturated carbocycles. The molecule has 0 aliphatic heterocycles. The van der Waals surface area contributed by atoms with Gasteiger partial charge < -0.3 is 5.09 Å². The van der Waals surface area contributed by atoms with Crippen LogP contribution in [0.15, 0.2) is 60.7 Å². The standard InChI is InChI=1S/C23H26NPS/c1-16-6-8-21(9-7-16)24-25(26,22-12-17(2)10-18(3)13-22)23-14-19(4)11-20(5)15-23/h6-15H,1-5H3,(H,24,26). The molecule has 0 bridgehead atoms. The highest BCUT2D eigenvalue weighted by molar-refractivity contribution is 8.22. The van der Waals surface area contributed by atoms with Gasteiger partial charge in [-0.15, -0.1) is 0 Å². The summed E-state index contributed by atoms with van der Waals surface area (Å²) in [5, 5.41) is 6.19. The van der Waals surface area contributed by atoms with Gasteiger partial charge in [0.25, 0.3) is 0 Å². The zero-order chi connectivity index (χ0) is 18.9. The molecule has 0 fully saturated rings. The second-order valence-corrected chi connectivity index (χ2v) is 11.4. The molecule has 26 heavy (non-hydrogen) atoms. The van der Waals surface area contributed by atoms with Crippen LogP contribution >= 0.6 is 6.19 Å². The van der Waals surface area contributed by atoms with Gasteiger partial charge in [0.05, 0.1) is 6.19 Å². The van der Waals surface area contributed by atoms with Crippen molar-refractivity contribution < 1.29 is 0 Å². The quantitative estimate of drug-likeness (QED) is 0.585. The normalized spacial score (nSPS) is 11.4. The SMILES string of the molecule is Cc1ccc(NP(=S)(c2cc(C)cc(C)c2)c2cc(C)cc(C)c2)cc1. The summed E-state index contributed by atoms with van der Waals surface area (Å²) in [6, 6.07) is 21.9. The highest BCUT2D eigenvalue weighted by Crippen LogP contribution is 2.44. The predicted molar refractivity (Wildman–Crippen MR) is 120 cm³/mol.